The minimum atomic E-state index is 0.418. The van der Waals surface area contributed by atoms with Crippen molar-refractivity contribution in [1.29, 1.82) is 0 Å². The van der Waals surface area contributed by atoms with Gasteiger partial charge in [0.25, 0.3) is 0 Å². The zero-order chi connectivity index (χ0) is 8.81. The van der Waals surface area contributed by atoms with E-state index in [1.165, 1.54) is 25.8 Å². The number of rotatable bonds is 3. The standard InChI is InChI=1S/C9H20N2O/c1-11-6-3-2-4-9(8-11)12-7-5-10/h9H,2-8,10H2,1H3. The van der Waals surface area contributed by atoms with Crippen LogP contribution in [-0.2, 0) is 4.74 Å². The minimum absolute atomic E-state index is 0.418. The second-order valence-corrected chi connectivity index (χ2v) is 3.54. The molecule has 1 aliphatic rings. The van der Waals surface area contributed by atoms with E-state index in [1.807, 2.05) is 0 Å². The first kappa shape index (κ1) is 9.96. The van der Waals surface area contributed by atoms with Crippen molar-refractivity contribution in [1.82, 2.24) is 4.90 Å². The third-order valence-electron chi connectivity index (χ3n) is 2.30. The summed E-state index contributed by atoms with van der Waals surface area (Å²) in [5.41, 5.74) is 5.38. The smallest absolute Gasteiger partial charge is 0.0702 e. The van der Waals surface area contributed by atoms with E-state index in [0.717, 1.165) is 6.54 Å². The Bertz CT molecular complexity index is 119. The zero-order valence-electron chi connectivity index (χ0n) is 7.96. The van der Waals surface area contributed by atoms with Crippen LogP contribution in [0.25, 0.3) is 0 Å². The lowest BCUT2D eigenvalue weighted by Gasteiger charge is -2.19. The molecule has 1 heterocycles. The van der Waals surface area contributed by atoms with Gasteiger partial charge < -0.3 is 15.4 Å². The second kappa shape index (κ2) is 5.51. The first-order chi connectivity index (χ1) is 5.83. The molecule has 3 nitrogen and oxygen atoms in total. The monoisotopic (exact) mass is 172 g/mol. The van der Waals surface area contributed by atoms with E-state index in [9.17, 15) is 0 Å². The van der Waals surface area contributed by atoms with Crippen molar-refractivity contribution in [3.05, 3.63) is 0 Å². The molecule has 0 aromatic carbocycles. The third kappa shape index (κ3) is 3.52. The van der Waals surface area contributed by atoms with Crippen LogP contribution in [0.2, 0.25) is 0 Å². The fraction of sp³-hybridized carbons (Fsp3) is 1.00. The molecule has 1 saturated heterocycles. The van der Waals surface area contributed by atoms with Crippen molar-refractivity contribution in [2.24, 2.45) is 5.73 Å². The maximum Gasteiger partial charge on any atom is 0.0702 e. The molecule has 0 aromatic heterocycles. The maximum absolute atomic E-state index is 5.62. The normalized spacial score (nSPS) is 27.0. The number of likely N-dealkylation sites (N-methyl/N-ethyl adjacent to an activating group) is 1. The summed E-state index contributed by atoms with van der Waals surface area (Å²) in [6.45, 7) is 3.63. The summed E-state index contributed by atoms with van der Waals surface area (Å²) in [7, 11) is 2.16. The van der Waals surface area contributed by atoms with E-state index >= 15 is 0 Å². The molecule has 72 valence electrons. The quantitative estimate of drug-likeness (QED) is 0.671. The number of hydrogen-bond acceptors (Lipinski definition) is 3. The van der Waals surface area contributed by atoms with Gasteiger partial charge in [-0.3, -0.25) is 0 Å². The minimum Gasteiger partial charge on any atom is -0.376 e. The van der Waals surface area contributed by atoms with Crippen LogP contribution in [0.5, 0.6) is 0 Å². The van der Waals surface area contributed by atoms with Crippen LogP contribution in [0.1, 0.15) is 19.3 Å². The summed E-state index contributed by atoms with van der Waals surface area (Å²) < 4.78 is 5.62. The Morgan fingerprint density at radius 2 is 2.33 bits per heavy atom. The second-order valence-electron chi connectivity index (χ2n) is 3.54. The van der Waals surface area contributed by atoms with E-state index in [2.05, 4.69) is 11.9 Å². The van der Waals surface area contributed by atoms with Gasteiger partial charge in [-0.05, 0) is 32.9 Å². The van der Waals surface area contributed by atoms with Gasteiger partial charge in [0, 0.05) is 13.1 Å². The molecule has 12 heavy (non-hydrogen) atoms. The van der Waals surface area contributed by atoms with Crippen molar-refractivity contribution in [3.8, 4) is 0 Å². The molecule has 0 aromatic rings. The van der Waals surface area contributed by atoms with Crippen molar-refractivity contribution < 1.29 is 4.74 Å². The maximum atomic E-state index is 5.62. The van der Waals surface area contributed by atoms with Gasteiger partial charge in [-0.15, -0.1) is 0 Å². The highest BCUT2D eigenvalue weighted by molar-refractivity contribution is 4.68. The Morgan fingerprint density at radius 3 is 3.08 bits per heavy atom. The molecule has 1 rings (SSSR count). The molecule has 0 spiro atoms. The van der Waals surface area contributed by atoms with Crippen LogP contribution < -0.4 is 5.73 Å². The molecule has 1 atom stereocenters. The lowest BCUT2D eigenvalue weighted by atomic mass is 10.2. The SMILES string of the molecule is CN1CCCCC(OCCN)C1. The topological polar surface area (TPSA) is 38.5 Å². The van der Waals surface area contributed by atoms with Gasteiger partial charge >= 0.3 is 0 Å². The fourth-order valence-corrected chi connectivity index (χ4v) is 1.65. The van der Waals surface area contributed by atoms with Crippen molar-refractivity contribution in [2.45, 2.75) is 25.4 Å². The summed E-state index contributed by atoms with van der Waals surface area (Å²) >= 11 is 0. The van der Waals surface area contributed by atoms with Gasteiger partial charge in [0.15, 0.2) is 0 Å². The highest BCUT2D eigenvalue weighted by Crippen LogP contribution is 2.11. The Kier molecular flexibility index (Phi) is 4.58. The highest BCUT2D eigenvalue weighted by atomic mass is 16.5. The summed E-state index contributed by atoms with van der Waals surface area (Å²) in [6.07, 6.45) is 4.21. The van der Waals surface area contributed by atoms with E-state index in [1.54, 1.807) is 0 Å². The molecule has 0 bridgehead atoms. The lowest BCUT2D eigenvalue weighted by Crippen LogP contribution is -2.30. The number of nitrogens with zero attached hydrogens (tertiary/aromatic N) is 1. The van der Waals surface area contributed by atoms with E-state index in [-0.39, 0.29) is 0 Å². The molecule has 1 unspecified atom stereocenters. The van der Waals surface area contributed by atoms with E-state index in [4.69, 9.17) is 10.5 Å². The fourth-order valence-electron chi connectivity index (χ4n) is 1.65. The third-order valence-corrected chi connectivity index (χ3v) is 2.30. The lowest BCUT2D eigenvalue weighted by molar-refractivity contribution is 0.0384. The van der Waals surface area contributed by atoms with Crippen LogP contribution in [-0.4, -0.2) is 44.3 Å². The van der Waals surface area contributed by atoms with Crippen molar-refractivity contribution in [2.75, 3.05) is 33.3 Å². The van der Waals surface area contributed by atoms with E-state index in [0.29, 0.717) is 19.3 Å². The first-order valence-electron chi connectivity index (χ1n) is 4.83. The molecule has 0 amide bonds. The zero-order valence-corrected chi connectivity index (χ0v) is 7.96. The average molecular weight is 172 g/mol. The van der Waals surface area contributed by atoms with Crippen LogP contribution >= 0.6 is 0 Å². The van der Waals surface area contributed by atoms with Gasteiger partial charge in [0.1, 0.15) is 0 Å². The van der Waals surface area contributed by atoms with Crippen LogP contribution in [0.15, 0.2) is 0 Å². The molecule has 2 N–H and O–H groups in total. The molecule has 0 saturated carbocycles. The predicted octanol–water partition coefficient (Wildman–Crippen LogP) is 0.446. The highest BCUT2D eigenvalue weighted by Gasteiger charge is 2.14. The Labute approximate surface area is 74.9 Å². The van der Waals surface area contributed by atoms with Gasteiger partial charge in [0.05, 0.1) is 12.7 Å². The molecule has 0 aliphatic carbocycles. The summed E-state index contributed by atoms with van der Waals surface area (Å²) in [4.78, 5) is 2.34. The Morgan fingerprint density at radius 1 is 1.50 bits per heavy atom. The van der Waals surface area contributed by atoms with Crippen LogP contribution in [0.4, 0.5) is 0 Å². The number of likely N-dealkylation sites (tertiary alicyclic amines) is 1. The molecule has 3 heteroatoms. The van der Waals surface area contributed by atoms with Gasteiger partial charge in [-0.2, -0.15) is 0 Å². The van der Waals surface area contributed by atoms with Gasteiger partial charge in [-0.25, -0.2) is 0 Å². The number of ether oxygens (including phenoxy) is 1. The van der Waals surface area contributed by atoms with E-state index < -0.39 is 0 Å². The Hall–Kier alpha value is -0.120. The number of nitrogens with two attached hydrogens (primary N) is 1. The van der Waals surface area contributed by atoms with Gasteiger partial charge in [0.2, 0.25) is 0 Å². The Balaban J connectivity index is 2.21. The molecule has 1 aliphatic heterocycles. The number of hydrogen-bond donors (Lipinski definition) is 1. The molecule has 0 radical (unpaired) electrons. The summed E-state index contributed by atoms with van der Waals surface area (Å²) in [5.74, 6) is 0. The summed E-state index contributed by atoms with van der Waals surface area (Å²) in [5, 5.41) is 0. The summed E-state index contributed by atoms with van der Waals surface area (Å²) in [6, 6.07) is 0. The van der Waals surface area contributed by atoms with Crippen molar-refractivity contribution >= 4 is 0 Å². The first-order valence-corrected chi connectivity index (χ1v) is 4.83. The molecular weight excluding hydrogens is 152 g/mol. The largest absolute Gasteiger partial charge is 0.376 e. The van der Waals surface area contributed by atoms with Gasteiger partial charge in [-0.1, -0.05) is 0 Å². The molecular formula is C9H20N2O. The van der Waals surface area contributed by atoms with Crippen LogP contribution in [0.3, 0.4) is 0 Å². The van der Waals surface area contributed by atoms with Crippen molar-refractivity contribution in [3.63, 3.8) is 0 Å². The average Bonchev–Trinajstić information content (AvgIpc) is 2.26. The predicted molar refractivity (Wildman–Crippen MR) is 50.1 cm³/mol. The van der Waals surface area contributed by atoms with Crippen LogP contribution in [0, 0.1) is 0 Å². The molecule has 1 fully saturated rings.